The first-order valence-corrected chi connectivity index (χ1v) is 7.50. The van der Waals surface area contributed by atoms with Gasteiger partial charge in [-0.2, -0.15) is 0 Å². The van der Waals surface area contributed by atoms with Crippen molar-refractivity contribution < 1.29 is 9.90 Å². The third-order valence-corrected chi connectivity index (χ3v) is 4.37. The van der Waals surface area contributed by atoms with Crippen molar-refractivity contribution in [3.05, 3.63) is 29.8 Å². The Bertz CT molecular complexity index is 503. The molecule has 2 atom stereocenters. The zero-order valence-corrected chi connectivity index (χ0v) is 12.0. The van der Waals surface area contributed by atoms with E-state index in [-0.39, 0.29) is 6.03 Å². The second-order valence-corrected chi connectivity index (χ2v) is 5.99. The zero-order valence-electron chi connectivity index (χ0n) is 12.0. The quantitative estimate of drug-likeness (QED) is 0.790. The van der Waals surface area contributed by atoms with Gasteiger partial charge in [-0.15, -0.1) is 0 Å². The van der Waals surface area contributed by atoms with Crippen molar-refractivity contribution in [2.45, 2.75) is 32.3 Å². The lowest BCUT2D eigenvalue weighted by Gasteiger charge is -2.38. The van der Waals surface area contributed by atoms with Crippen LogP contribution >= 0.6 is 0 Å². The highest BCUT2D eigenvalue weighted by Crippen LogP contribution is 2.34. The van der Waals surface area contributed by atoms with E-state index in [1.807, 2.05) is 34.1 Å². The molecule has 1 saturated heterocycles. The molecule has 4 heteroatoms. The van der Waals surface area contributed by atoms with Gasteiger partial charge < -0.3 is 10.0 Å². The number of hydrogen-bond acceptors (Lipinski definition) is 2. The molecule has 4 nitrogen and oxygen atoms in total. The number of likely N-dealkylation sites (tertiary alicyclic amines) is 1. The predicted molar refractivity (Wildman–Crippen MR) is 78.7 cm³/mol. The molecule has 3 rings (SSSR count). The normalized spacial score (nSPS) is 26.3. The summed E-state index contributed by atoms with van der Waals surface area (Å²) >= 11 is 0. The number of benzene rings is 1. The molecule has 1 N–H and O–H groups in total. The Balaban J connectivity index is 1.84. The van der Waals surface area contributed by atoms with E-state index in [1.54, 1.807) is 0 Å². The number of aliphatic hydroxyl groups excluding tert-OH is 1. The molecule has 0 aliphatic carbocycles. The highest BCUT2D eigenvalue weighted by molar-refractivity contribution is 5.93. The number of urea groups is 1. The summed E-state index contributed by atoms with van der Waals surface area (Å²) in [5.74, 6) is 0.582. The van der Waals surface area contributed by atoms with Gasteiger partial charge >= 0.3 is 6.03 Å². The fraction of sp³-hybridized carbons (Fsp3) is 0.562. The molecule has 0 aromatic heterocycles. The van der Waals surface area contributed by atoms with Crippen LogP contribution in [0.5, 0.6) is 0 Å². The number of hydrogen-bond donors (Lipinski definition) is 1. The summed E-state index contributed by atoms with van der Waals surface area (Å²) in [5.41, 5.74) is 1.74. The summed E-state index contributed by atoms with van der Waals surface area (Å²) in [7, 11) is 0. The van der Waals surface area contributed by atoms with Crippen LogP contribution in [-0.4, -0.2) is 35.7 Å². The second-order valence-electron chi connectivity index (χ2n) is 5.99. The minimum Gasteiger partial charge on any atom is -0.388 e. The first-order chi connectivity index (χ1) is 9.66. The largest absolute Gasteiger partial charge is 0.388 e. The van der Waals surface area contributed by atoms with E-state index in [0.29, 0.717) is 18.9 Å². The molecular weight excluding hydrogens is 252 g/mol. The van der Waals surface area contributed by atoms with Gasteiger partial charge in [0.1, 0.15) is 0 Å². The Morgan fingerprint density at radius 3 is 2.85 bits per heavy atom. The summed E-state index contributed by atoms with van der Waals surface area (Å²) in [4.78, 5) is 16.5. The lowest BCUT2D eigenvalue weighted by Crippen LogP contribution is -2.49. The van der Waals surface area contributed by atoms with Gasteiger partial charge in [-0.3, -0.25) is 4.90 Å². The summed E-state index contributed by atoms with van der Waals surface area (Å²) in [6.07, 6.45) is 2.46. The van der Waals surface area contributed by atoms with E-state index in [9.17, 15) is 9.90 Å². The molecule has 0 saturated carbocycles. The van der Waals surface area contributed by atoms with E-state index in [0.717, 1.165) is 30.8 Å². The van der Waals surface area contributed by atoms with E-state index < -0.39 is 6.10 Å². The van der Waals surface area contributed by atoms with Crippen molar-refractivity contribution >= 4 is 11.7 Å². The third kappa shape index (κ3) is 2.40. The van der Waals surface area contributed by atoms with Crippen molar-refractivity contribution in [2.75, 3.05) is 24.5 Å². The number of carbonyl (C=O) groups excluding carboxylic acids is 1. The van der Waals surface area contributed by atoms with Gasteiger partial charge in [0.25, 0.3) is 0 Å². The molecule has 1 aromatic rings. The van der Waals surface area contributed by atoms with Crippen LogP contribution in [0.3, 0.4) is 0 Å². The van der Waals surface area contributed by atoms with E-state index in [2.05, 4.69) is 6.92 Å². The standard InChI is InChI=1S/C16H22N2O2/c1-12-5-4-9-17(11-12)16(20)18-10-8-15(19)13-6-2-3-7-14(13)18/h2-3,6-7,12,15,19H,4-5,8-11H2,1H3. The number of amides is 2. The van der Waals surface area contributed by atoms with Crippen LogP contribution in [0.2, 0.25) is 0 Å². The topological polar surface area (TPSA) is 43.8 Å². The smallest absolute Gasteiger partial charge is 0.324 e. The summed E-state index contributed by atoms with van der Waals surface area (Å²) in [5, 5.41) is 10.1. The van der Waals surface area contributed by atoms with E-state index in [1.165, 1.54) is 6.42 Å². The van der Waals surface area contributed by atoms with Crippen LogP contribution in [0.4, 0.5) is 10.5 Å². The van der Waals surface area contributed by atoms with Gasteiger partial charge in [0, 0.05) is 25.2 Å². The fourth-order valence-corrected chi connectivity index (χ4v) is 3.27. The van der Waals surface area contributed by atoms with Crippen LogP contribution in [0.15, 0.2) is 24.3 Å². The van der Waals surface area contributed by atoms with E-state index >= 15 is 0 Å². The summed E-state index contributed by atoms with van der Waals surface area (Å²) in [6.45, 7) is 4.50. The lowest BCUT2D eigenvalue weighted by atomic mass is 9.98. The second kappa shape index (κ2) is 5.44. The van der Waals surface area contributed by atoms with Gasteiger partial charge in [0.15, 0.2) is 0 Å². The minimum atomic E-state index is -0.449. The molecule has 2 aliphatic heterocycles. The Hall–Kier alpha value is -1.55. The SMILES string of the molecule is CC1CCCN(C(=O)N2CCC(O)c3ccccc32)C1. The first kappa shape index (κ1) is 13.4. The Morgan fingerprint density at radius 1 is 1.25 bits per heavy atom. The maximum Gasteiger partial charge on any atom is 0.324 e. The monoisotopic (exact) mass is 274 g/mol. The van der Waals surface area contributed by atoms with Crippen molar-refractivity contribution in [1.82, 2.24) is 4.90 Å². The number of nitrogens with zero attached hydrogens (tertiary/aromatic N) is 2. The molecule has 2 amide bonds. The number of aliphatic hydroxyl groups is 1. The Labute approximate surface area is 120 Å². The molecule has 2 unspecified atom stereocenters. The predicted octanol–water partition coefficient (Wildman–Crippen LogP) is 2.78. The average Bonchev–Trinajstić information content (AvgIpc) is 2.47. The van der Waals surface area contributed by atoms with Crippen LogP contribution in [0.1, 0.15) is 37.9 Å². The number of carbonyl (C=O) groups is 1. The molecular formula is C16H22N2O2. The number of anilines is 1. The van der Waals surface area contributed by atoms with Crippen LogP contribution in [0, 0.1) is 5.92 Å². The molecule has 2 heterocycles. The molecule has 2 aliphatic rings. The summed E-state index contributed by atoms with van der Waals surface area (Å²) in [6, 6.07) is 7.78. The van der Waals surface area contributed by atoms with Crippen LogP contribution < -0.4 is 4.90 Å². The molecule has 0 spiro atoms. The Kier molecular flexibility index (Phi) is 3.66. The highest BCUT2D eigenvalue weighted by Gasteiger charge is 2.31. The first-order valence-electron chi connectivity index (χ1n) is 7.50. The molecule has 0 bridgehead atoms. The third-order valence-electron chi connectivity index (χ3n) is 4.37. The van der Waals surface area contributed by atoms with Gasteiger partial charge in [-0.25, -0.2) is 4.79 Å². The van der Waals surface area contributed by atoms with Crippen molar-refractivity contribution in [3.63, 3.8) is 0 Å². The minimum absolute atomic E-state index is 0.0934. The lowest BCUT2D eigenvalue weighted by molar-refractivity contribution is 0.155. The van der Waals surface area contributed by atoms with Crippen molar-refractivity contribution in [2.24, 2.45) is 5.92 Å². The highest BCUT2D eigenvalue weighted by atomic mass is 16.3. The van der Waals surface area contributed by atoms with Gasteiger partial charge in [0.2, 0.25) is 0 Å². The number of piperidine rings is 1. The number of para-hydroxylation sites is 1. The maximum atomic E-state index is 12.7. The van der Waals surface area contributed by atoms with Crippen molar-refractivity contribution in [3.8, 4) is 0 Å². The Morgan fingerprint density at radius 2 is 2.05 bits per heavy atom. The molecule has 0 radical (unpaired) electrons. The van der Waals surface area contributed by atoms with Crippen molar-refractivity contribution in [1.29, 1.82) is 0 Å². The van der Waals surface area contributed by atoms with Crippen LogP contribution in [-0.2, 0) is 0 Å². The van der Waals surface area contributed by atoms with Gasteiger partial charge in [-0.05, 0) is 31.2 Å². The number of rotatable bonds is 0. The average molecular weight is 274 g/mol. The molecule has 1 fully saturated rings. The summed E-state index contributed by atoms with van der Waals surface area (Å²) < 4.78 is 0. The van der Waals surface area contributed by atoms with Crippen LogP contribution in [0.25, 0.3) is 0 Å². The fourth-order valence-electron chi connectivity index (χ4n) is 3.27. The zero-order chi connectivity index (χ0) is 14.1. The van der Waals surface area contributed by atoms with Gasteiger partial charge in [0.05, 0.1) is 11.8 Å². The number of fused-ring (bicyclic) bond motifs is 1. The molecule has 108 valence electrons. The molecule has 1 aromatic carbocycles. The molecule has 20 heavy (non-hydrogen) atoms. The van der Waals surface area contributed by atoms with Gasteiger partial charge in [-0.1, -0.05) is 25.1 Å². The maximum absolute atomic E-state index is 12.7. The van der Waals surface area contributed by atoms with E-state index in [4.69, 9.17) is 0 Å².